The van der Waals surface area contributed by atoms with Crippen LogP contribution in [0.25, 0.3) is 0 Å². The van der Waals surface area contributed by atoms with Crippen molar-refractivity contribution in [1.29, 1.82) is 0 Å². The van der Waals surface area contributed by atoms with E-state index in [4.69, 9.17) is 0 Å². The molecular formula is C17H23FN2O4S. The average Bonchev–Trinajstić information content (AvgIpc) is 2.54. The van der Waals surface area contributed by atoms with Crippen LogP contribution in [0.15, 0.2) is 23.1 Å². The highest BCUT2D eigenvalue weighted by molar-refractivity contribution is 7.90. The lowest BCUT2D eigenvalue weighted by molar-refractivity contribution is -0.122. The molecule has 0 saturated carbocycles. The van der Waals surface area contributed by atoms with Crippen molar-refractivity contribution in [3.05, 3.63) is 24.0 Å². The number of hydrogen-bond donors (Lipinski definition) is 1. The number of Topliss-reactive ketones (excluding diaryl/α,β-unsaturated/α-hetero) is 1. The zero-order chi connectivity index (χ0) is 18.8. The Morgan fingerprint density at radius 3 is 2.32 bits per heavy atom. The SMILES string of the molecule is CC(=O)C1CCN(c2ccc(S(=O)(=O)NC(=O)C(C)C)c(F)c2)CC1. The molecule has 1 aliphatic heterocycles. The van der Waals surface area contributed by atoms with Gasteiger partial charge in [-0.15, -0.1) is 0 Å². The molecule has 1 aliphatic rings. The second-order valence-electron chi connectivity index (χ2n) is 6.61. The van der Waals surface area contributed by atoms with Crippen molar-refractivity contribution in [2.75, 3.05) is 18.0 Å². The second-order valence-corrected chi connectivity index (χ2v) is 8.26. The van der Waals surface area contributed by atoms with E-state index in [-0.39, 0.29) is 11.7 Å². The third-order valence-corrected chi connectivity index (χ3v) is 5.78. The van der Waals surface area contributed by atoms with Crippen molar-refractivity contribution in [2.45, 2.75) is 38.5 Å². The van der Waals surface area contributed by atoms with E-state index < -0.39 is 32.6 Å². The molecule has 0 aliphatic carbocycles. The highest BCUT2D eigenvalue weighted by atomic mass is 32.2. The number of nitrogens with one attached hydrogen (secondary N) is 1. The van der Waals surface area contributed by atoms with Crippen LogP contribution in [-0.2, 0) is 19.6 Å². The topological polar surface area (TPSA) is 83.6 Å². The molecule has 1 amide bonds. The van der Waals surface area contributed by atoms with Gasteiger partial charge >= 0.3 is 0 Å². The molecule has 0 aromatic heterocycles. The van der Waals surface area contributed by atoms with Crippen molar-refractivity contribution in [1.82, 2.24) is 4.72 Å². The lowest BCUT2D eigenvalue weighted by Gasteiger charge is -2.32. The summed E-state index contributed by atoms with van der Waals surface area (Å²) in [5.41, 5.74) is 0.564. The van der Waals surface area contributed by atoms with E-state index >= 15 is 0 Å². The summed E-state index contributed by atoms with van der Waals surface area (Å²) >= 11 is 0. The third kappa shape index (κ3) is 4.56. The lowest BCUT2D eigenvalue weighted by Crippen LogP contribution is -2.36. The number of piperidine rings is 1. The Bertz CT molecular complexity index is 769. The number of sulfonamides is 1. The second kappa shape index (κ2) is 7.51. The molecule has 0 radical (unpaired) electrons. The lowest BCUT2D eigenvalue weighted by atomic mass is 9.93. The normalized spacial score (nSPS) is 16.1. The molecule has 0 bridgehead atoms. The van der Waals surface area contributed by atoms with Gasteiger partial charge in [-0.2, -0.15) is 0 Å². The maximum absolute atomic E-state index is 14.3. The fourth-order valence-corrected chi connectivity index (χ4v) is 3.93. The number of benzene rings is 1. The van der Waals surface area contributed by atoms with E-state index in [9.17, 15) is 22.4 Å². The Hall–Kier alpha value is -1.96. The molecule has 0 atom stereocenters. The predicted octanol–water partition coefficient (Wildman–Crippen LogP) is 2.09. The largest absolute Gasteiger partial charge is 0.371 e. The molecule has 8 heteroatoms. The summed E-state index contributed by atoms with van der Waals surface area (Å²) < 4.78 is 40.5. The van der Waals surface area contributed by atoms with Crippen molar-refractivity contribution < 1.29 is 22.4 Å². The molecule has 138 valence electrons. The van der Waals surface area contributed by atoms with Gasteiger partial charge in [0.25, 0.3) is 10.0 Å². The number of nitrogens with zero attached hydrogens (tertiary/aromatic N) is 1. The van der Waals surface area contributed by atoms with Crippen LogP contribution in [0.3, 0.4) is 0 Å². The summed E-state index contributed by atoms with van der Waals surface area (Å²) in [4.78, 5) is 24.4. The zero-order valence-electron chi connectivity index (χ0n) is 14.6. The van der Waals surface area contributed by atoms with Gasteiger partial charge in [0.1, 0.15) is 16.5 Å². The fraction of sp³-hybridized carbons (Fsp3) is 0.529. The number of hydrogen-bond acceptors (Lipinski definition) is 5. The van der Waals surface area contributed by atoms with Crippen LogP contribution in [0, 0.1) is 17.7 Å². The number of carbonyl (C=O) groups is 2. The van der Waals surface area contributed by atoms with E-state index in [1.54, 1.807) is 20.8 Å². The van der Waals surface area contributed by atoms with Crippen LogP contribution in [-0.4, -0.2) is 33.2 Å². The van der Waals surface area contributed by atoms with Gasteiger partial charge in [0, 0.05) is 30.6 Å². The first-order valence-corrected chi connectivity index (χ1v) is 9.71. The maximum atomic E-state index is 14.3. The number of anilines is 1. The minimum atomic E-state index is -4.24. The average molecular weight is 370 g/mol. The van der Waals surface area contributed by atoms with Crippen LogP contribution >= 0.6 is 0 Å². The standard InChI is InChI=1S/C17H23FN2O4S/c1-11(2)17(22)19-25(23,24)16-5-4-14(10-15(16)18)20-8-6-13(7-9-20)12(3)21/h4-5,10-11,13H,6-9H2,1-3H3,(H,19,22). The smallest absolute Gasteiger partial charge is 0.266 e. The monoisotopic (exact) mass is 370 g/mol. The quantitative estimate of drug-likeness (QED) is 0.858. The molecule has 1 aromatic carbocycles. The molecular weight excluding hydrogens is 347 g/mol. The van der Waals surface area contributed by atoms with Crippen molar-refractivity contribution in [3.8, 4) is 0 Å². The van der Waals surface area contributed by atoms with Crippen LogP contribution in [0.5, 0.6) is 0 Å². The molecule has 1 fully saturated rings. The van der Waals surface area contributed by atoms with Crippen LogP contribution in [0.4, 0.5) is 10.1 Å². The molecule has 1 N–H and O–H groups in total. The summed E-state index contributed by atoms with van der Waals surface area (Å²) in [5.74, 6) is -1.93. The minimum absolute atomic E-state index is 0.0343. The van der Waals surface area contributed by atoms with Gasteiger partial charge in [-0.3, -0.25) is 9.59 Å². The zero-order valence-corrected chi connectivity index (χ0v) is 15.4. The van der Waals surface area contributed by atoms with E-state index in [1.165, 1.54) is 6.07 Å². The predicted molar refractivity (Wildman–Crippen MR) is 92.2 cm³/mol. The number of halogens is 1. The van der Waals surface area contributed by atoms with E-state index in [1.807, 2.05) is 9.62 Å². The molecule has 0 unspecified atom stereocenters. The van der Waals surface area contributed by atoms with Crippen molar-refractivity contribution >= 4 is 27.4 Å². The first-order chi connectivity index (χ1) is 11.6. The maximum Gasteiger partial charge on any atom is 0.266 e. The summed E-state index contributed by atoms with van der Waals surface area (Å²) in [5, 5.41) is 0. The summed E-state index contributed by atoms with van der Waals surface area (Å²) in [6.45, 7) is 5.90. The highest BCUT2D eigenvalue weighted by Crippen LogP contribution is 2.26. The Morgan fingerprint density at radius 1 is 1.24 bits per heavy atom. The van der Waals surface area contributed by atoms with Gasteiger partial charge in [-0.1, -0.05) is 13.8 Å². The Kier molecular flexibility index (Phi) is 5.82. The molecule has 25 heavy (non-hydrogen) atoms. The molecule has 1 heterocycles. The van der Waals surface area contributed by atoms with Gasteiger partial charge < -0.3 is 4.90 Å². The van der Waals surface area contributed by atoms with Gasteiger partial charge in [0.05, 0.1) is 0 Å². The molecule has 6 nitrogen and oxygen atoms in total. The number of rotatable bonds is 5. The Morgan fingerprint density at radius 2 is 1.84 bits per heavy atom. The van der Waals surface area contributed by atoms with Crippen molar-refractivity contribution in [2.24, 2.45) is 11.8 Å². The molecule has 0 spiro atoms. The summed E-state index contributed by atoms with van der Waals surface area (Å²) in [6.07, 6.45) is 1.39. The van der Waals surface area contributed by atoms with Crippen LogP contribution < -0.4 is 9.62 Å². The number of amides is 1. The van der Waals surface area contributed by atoms with Gasteiger partial charge in [0.2, 0.25) is 5.91 Å². The van der Waals surface area contributed by atoms with Gasteiger partial charge in [0.15, 0.2) is 0 Å². The van der Waals surface area contributed by atoms with Crippen LogP contribution in [0.1, 0.15) is 33.6 Å². The first kappa shape index (κ1) is 19.4. The highest BCUT2D eigenvalue weighted by Gasteiger charge is 2.26. The van der Waals surface area contributed by atoms with E-state index in [0.29, 0.717) is 31.6 Å². The van der Waals surface area contributed by atoms with Crippen LogP contribution in [0.2, 0.25) is 0 Å². The first-order valence-electron chi connectivity index (χ1n) is 8.23. The Balaban J connectivity index is 2.16. The molecule has 1 saturated heterocycles. The van der Waals surface area contributed by atoms with E-state index in [2.05, 4.69) is 0 Å². The summed E-state index contributed by atoms with van der Waals surface area (Å²) in [7, 11) is -4.24. The van der Waals surface area contributed by atoms with Gasteiger partial charge in [-0.05, 0) is 38.0 Å². The minimum Gasteiger partial charge on any atom is -0.371 e. The van der Waals surface area contributed by atoms with Gasteiger partial charge in [-0.25, -0.2) is 17.5 Å². The number of carbonyl (C=O) groups excluding carboxylic acids is 2. The molecule has 1 aromatic rings. The van der Waals surface area contributed by atoms with Crippen molar-refractivity contribution in [3.63, 3.8) is 0 Å². The third-order valence-electron chi connectivity index (χ3n) is 4.40. The molecule has 2 rings (SSSR count). The Labute approximate surface area is 147 Å². The fourth-order valence-electron chi connectivity index (χ4n) is 2.75. The summed E-state index contributed by atoms with van der Waals surface area (Å²) in [6, 6.07) is 3.84. The number of ketones is 1. The van der Waals surface area contributed by atoms with E-state index in [0.717, 1.165) is 12.1 Å².